The molecule has 18 heavy (non-hydrogen) atoms. The molecule has 0 bridgehead atoms. The van der Waals surface area contributed by atoms with E-state index in [1.807, 2.05) is 11.8 Å². The molecule has 96 valence electrons. The summed E-state index contributed by atoms with van der Waals surface area (Å²) in [4.78, 5) is 18.8. The molecule has 1 fully saturated rings. The molecule has 1 aliphatic heterocycles. The van der Waals surface area contributed by atoms with E-state index in [9.17, 15) is 14.5 Å². The van der Waals surface area contributed by atoms with E-state index < -0.39 is 11.0 Å². The summed E-state index contributed by atoms with van der Waals surface area (Å²) < 4.78 is 12.6. The first kappa shape index (κ1) is 12.2. The lowest BCUT2D eigenvalue weighted by Gasteiger charge is -2.25. The smallest absolute Gasteiger partial charge is 0.308 e. The van der Waals surface area contributed by atoms with E-state index in [1.165, 1.54) is 12.4 Å². The van der Waals surface area contributed by atoms with Gasteiger partial charge in [-0.1, -0.05) is 0 Å². The fourth-order valence-corrected chi connectivity index (χ4v) is 1.87. The Bertz CT molecular complexity index is 476. The van der Waals surface area contributed by atoms with Crippen molar-refractivity contribution in [3.05, 3.63) is 46.2 Å². The third kappa shape index (κ3) is 2.53. The Balaban J connectivity index is 2.20. The van der Waals surface area contributed by atoms with E-state index in [-0.39, 0.29) is 6.04 Å². The van der Waals surface area contributed by atoms with Gasteiger partial charge in [-0.15, -0.1) is 0 Å². The monoisotopic (exact) mass is 253 g/mol. The Hall–Kier alpha value is -2.25. The maximum absolute atomic E-state index is 12.6. The number of halogens is 1. The van der Waals surface area contributed by atoms with Gasteiger partial charge in [-0.3, -0.25) is 10.1 Å². The van der Waals surface area contributed by atoms with Crippen molar-refractivity contribution in [1.29, 1.82) is 0 Å². The SMILES string of the molecule is CC(c1cnc(F)nc1)N1CCN/C1=C\[N+](=O)[O-]. The normalized spacial score (nSPS) is 18.8. The van der Waals surface area contributed by atoms with Gasteiger partial charge in [0.1, 0.15) is 0 Å². The third-order valence-corrected chi connectivity index (χ3v) is 2.79. The Labute approximate surface area is 102 Å². The fraction of sp³-hybridized carbons (Fsp3) is 0.400. The highest BCUT2D eigenvalue weighted by Crippen LogP contribution is 2.24. The topological polar surface area (TPSA) is 84.2 Å². The summed E-state index contributed by atoms with van der Waals surface area (Å²) in [7, 11) is 0. The van der Waals surface area contributed by atoms with Crippen molar-refractivity contribution in [2.24, 2.45) is 0 Å². The van der Waals surface area contributed by atoms with Crippen LogP contribution in [0, 0.1) is 16.2 Å². The molecule has 8 heteroatoms. The van der Waals surface area contributed by atoms with Crippen LogP contribution in [0.4, 0.5) is 4.39 Å². The number of hydrogen-bond donors (Lipinski definition) is 1. The van der Waals surface area contributed by atoms with Crippen molar-refractivity contribution in [2.75, 3.05) is 13.1 Å². The van der Waals surface area contributed by atoms with Crippen molar-refractivity contribution < 1.29 is 9.31 Å². The molecule has 0 saturated carbocycles. The van der Waals surface area contributed by atoms with E-state index in [0.717, 1.165) is 6.20 Å². The van der Waals surface area contributed by atoms with Gasteiger partial charge in [0.15, 0.2) is 5.82 Å². The van der Waals surface area contributed by atoms with Crippen LogP contribution in [0.15, 0.2) is 24.4 Å². The summed E-state index contributed by atoms with van der Waals surface area (Å²) in [6.45, 7) is 3.13. The molecule has 0 aliphatic carbocycles. The molecule has 1 aromatic rings. The van der Waals surface area contributed by atoms with Crippen LogP contribution < -0.4 is 5.32 Å². The second kappa shape index (κ2) is 4.94. The maximum atomic E-state index is 12.6. The minimum atomic E-state index is -0.786. The van der Waals surface area contributed by atoms with Crippen LogP contribution in [-0.2, 0) is 0 Å². The standard InChI is InChI=1S/C10H12FN5O2/c1-7(8-4-13-10(11)14-5-8)15-3-2-12-9(15)6-16(17)18/h4-7,12H,2-3H2,1H3/b9-6+. The van der Waals surface area contributed by atoms with E-state index in [2.05, 4.69) is 15.3 Å². The van der Waals surface area contributed by atoms with Gasteiger partial charge in [0.25, 0.3) is 6.20 Å². The summed E-state index contributed by atoms with van der Waals surface area (Å²) in [6.07, 6.45) is 2.91. The van der Waals surface area contributed by atoms with Gasteiger partial charge in [-0.25, -0.2) is 9.97 Å². The molecule has 1 saturated heterocycles. The zero-order chi connectivity index (χ0) is 13.1. The first-order valence-corrected chi connectivity index (χ1v) is 5.41. The van der Waals surface area contributed by atoms with Gasteiger partial charge in [0.2, 0.25) is 0 Å². The summed E-state index contributed by atoms with van der Waals surface area (Å²) in [5.41, 5.74) is 0.703. The van der Waals surface area contributed by atoms with Crippen molar-refractivity contribution >= 4 is 0 Å². The molecular formula is C10H12FN5O2. The number of nitro groups is 1. The highest BCUT2D eigenvalue weighted by atomic mass is 19.1. The predicted octanol–water partition coefficient (Wildman–Crippen LogP) is 0.657. The van der Waals surface area contributed by atoms with Crippen LogP contribution in [0.25, 0.3) is 0 Å². The lowest BCUT2D eigenvalue weighted by Crippen LogP contribution is -2.25. The molecule has 0 radical (unpaired) electrons. The van der Waals surface area contributed by atoms with Crippen LogP contribution in [0.2, 0.25) is 0 Å². The summed E-state index contributed by atoms with van der Waals surface area (Å²) >= 11 is 0. The number of rotatable bonds is 3. The van der Waals surface area contributed by atoms with Crippen LogP contribution in [0.1, 0.15) is 18.5 Å². The Morgan fingerprint density at radius 1 is 1.61 bits per heavy atom. The molecule has 7 nitrogen and oxygen atoms in total. The number of nitrogens with one attached hydrogen (secondary N) is 1. The Morgan fingerprint density at radius 2 is 2.28 bits per heavy atom. The van der Waals surface area contributed by atoms with Crippen molar-refractivity contribution in [1.82, 2.24) is 20.2 Å². The minimum Gasteiger partial charge on any atom is -0.365 e. The van der Waals surface area contributed by atoms with Gasteiger partial charge in [0.05, 0.1) is 11.0 Å². The minimum absolute atomic E-state index is 0.160. The average Bonchev–Trinajstić information content (AvgIpc) is 2.76. The van der Waals surface area contributed by atoms with Crippen molar-refractivity contribution in [2.45, 2.75) is 13.0 Å². The van der Waals surface area contributed by atoms with Crippen LogP contribution in [-0.4, -0.2) is 32.9 Å². The fourth-order valence-electron chi connectivity index (χ4n) is 1.87. The third-order valence-electron chi connectivity index (χ3n) is 2.79. The zero-order valence-electron chi connectivity index (χ0n) is 9.71. The van der Waals surface area contributed by atoms with E-state index in [1.54, 1.807) is 0 Å². The molecule has 2 rings (SSSR count). The highest BCUT2D eigenvalue weighted by molar-refractivity contribution is 5.14. The van der Waals surface area contributed by atoms with Gasteiger partial charge < -0.3 is 10.2 Å². The van der Waals surface area contributed by atoms with Gasteiger partial charge in [-0.05, 0) is 6.92 Å². The number of nitrogens with zero attached hydrogens (tertiary/aromatic N) is 4. The van der Waals surface area contributed by atoms with Crippen molar-refractivity contribution in [3.63, 3.8) is 0 Å². The molecule has 1 aromatic heterocycles. The van der Waals surface area contributed by atoms with E-state index in [4.69, 9.17) is 0 Å². The van der Waals surface area contributed by atoms with Gasteiger partial charge in [0, 0.05) is 31.0 Å². The second-order valence-corrected chi connectivity index (χ2v) is 3.88. The molecule has 1 N–H and O–H groups in total. The largest absolute Gasteiger partial charge is 0.365 e. The molecule has 1 unspecified atom stereocenters. The summed E-state index contributed by atoms with van der Waals surface area (Å²) in [5, 5.41) is 13.4. The Kier molecular flexibility index (Phi) is 3.35. The molecule has 1 aliphatic rings. The van der Waals surface area contributed by atoms with Crippen LogP contribution in [0.3, 0.4) is 0 Å². The van der Waals surface area contributed by atoms with Crippen molar-refractivity contribution in [3.8, 4) is 0 Å². The van der Waals surface area contributed by atoms with Crippen LogP contribution >= 0.6 is 0 Å². The van der Waals surface area contributed by atoms with E-state index >= 15 is 0 Å². The second-order valence-electron chi connectivity index (χ2n) is 3.88. The first-order valence-electron chi connectivity index (χ1n) is 5.41. The molecule has 0 aromatic carbocycles. The summed E-state index contributed by atoms with van der Waals surface area (Å²) in [6, 6.07) is -0.160. The van der Waals surface area contributed by atoms with Gasteiger partial charge in [-0.2, -0.15) is 4.39 Å². The molecule has 0 amide bonds. The molecule has 2 heterocycles. The molecule has 0 spiro atoms. The lowest BCUT2D eigenvalue weighted by atomic mass is 10.1. The maximum Gasteiger partial charge on any atom is 0.308 e. The summed E-state index contributed by atoms with van der Waals surface area (Å²) in [5.74, 6) is 0.442. The predicted molar refractivity (Wildman–Crippen MR) is 60.2 cm³/mol. The lowest BCUT2D eigenvalue weighted by molar-refractivity contribution is -0.404. The van der Waals surface area contributed by atoms with Crippen LogP contribution in [0.5, 0.6) is 0 Å². The molecular weight excluding hydrogens is 241 g/mol. The number of hydrogen-bond acceptors (Lipinski definition) is 6. The highest BCUT2D eigenvalue weighted by Gasteiger charge is 2.25. The number of aromatic nitrogens is 2. The van der Waals surface area contributed by atoms with Gasteiger partial charge >= 0.3 is 6.08 Å². The quantitative estimate of drug-likeness (QED) is 0.484. The zero-order valence-corrected chi connectivity index (χ0v) is 9.71. The molecule has 1 atom stereocenters. The average molecular weight is 253 g/mol. The Morgan fingerprint density at radius 3 is 2.89 bits per heavy atom. The van der Waals surface area contributed by atoms with E-state index in [0.29, 0.717) is 24.5 Å². The first-order chi connectivity index (χ1) is 8.58.